The quantitative estimate of drug-likeness (QED) is 0.845. The summed E-state index contributed by atoms with van der Waals surface area (Å²) in [4.78, 5) is 11.9. The van der Waals surface area contributed by atoms with Crippen LogP contribution < -0.4 is 5.32 Å². The number of carbonyl (C=O) groups is 1. The average molecular weight is 268 g/mol. The zero-order chi connectivity index (χ0) is 13.3. The van der Waals surface area contributed by atoms with Gasteiger partial charge in [-0.1, -0.05) is 29.8 Å². The molecule has 5 nitrogen and oxygen atoms in total. The Morgan fingerprint density at radius 2 is 1.89 bits per heavy atom. The number of benzene rings is 1. The van der Waals surface area contributed by atoms with E-state index in [1.54, 1.807) is 12.1 Å². The molecule has 1 saturated heterocycles. The van der Waals surface area contributed by atoms with Gasteiger partial charge in [0.05, 0.1) is 6.26 Å². The summed E-state index contributed by atoms with van der Waals surface area (Å²) in [7, 11) is -3.39. The van der Waals surface area contributed by atoms with Crippen LogP contribution in [-0.2, 0) is 14.8 Å². The van der Waals surface area contributed by atoms with Gasteiger partial charge in [-0.05, 0) is 12.5 Å². The monoisotopic (exact) mass is 268 g/mol. The van der Waals surface area contributed by atoms with Crippen molar-refractivity contribution in [2.24, 2.45) is 0 Å². The third-order valence-electron chi connectivity index (χ3n) is 2.99. The van der Waals surface area contributed by atoms with Crippen molar-refractivity contribution >= 4 is 15.9 Å². The number of aryl methyl sites for hydroxylation is 1. The molecule has 2 rings (SSSR count). The second-order valence-corrected chi connectivity index (χ2v) is 6.41. The van der Waals surface area contributed by atoms with Crippen molar-refractivity contribution in [2.75, 3.05) is 19.3 Å². The summed E-state index contributed by atoms with van der Waals surface area (Å²) in [5, 5.41) is 2.70. The van der Waals surface area contributed by atoms with E-state index < -0.39 is 16.1 Å². The Kier molecular flexibility index (Phi) is 3.41. The van der Waals surface area contributed by atoms with Crippen molar-refractivity contribution < 1.29 is 13.2 Å². The first kappa shape index (κ1) is 13.0. The maximum Gasteiger partial charge on any atom is 0.243 e. The predicted molar refractivity (Wildman–Crippen MR) is 68.5 cm³/mol. The fourth-order valence-electron chi connectivity index (χ4n) is 2.07. The summed E-state index contributed by atoms with van der Waals surface area (Å²) >= 11 is 0. The molecule has 0 spiro atoms. The number of nitrogens with one attached hydrogen (secondary N) is 1. The molecule has 1 aliphatic heterocycles. The van der Waals surface area contributed by atoms with Gasteiger partial charge in [0, 0.05) is 13.1 Å². The minimum atomic E-state index is -3.39. The summed E-state index contributed by atoms with van der Waals surface area (Å²) in [6.45, 7) is 2.61. The fraction of sp³-hybridized carbons (Fsp3) is 0.417. The van der Waals surface area contributed by atoms with E-state index >= 15 is 0 Å². The molecule has 1 N–H and O–H groups in total. The Hall–Kier alpha value is -1.40. The molecule has 6 heteroatoms. The number of piperazine rings is 1. The zero-order valence-corrected chi connectivity index (χ0v) is 11.2. The third kappa shape index (κ3) is 2.54. The number of hydrogen-bond acceptors (Lipinski definition) is 3. The first-order valence-corrected chi connectivity index (χ1v) is 7.55. The molecule has 1 aromatic rings. The minimum Gasteiger partial charge on any atom is -0.353 e. The van der Waals surface area contributed by atoms with Crippen LogP contribution in [0.1, 0.15) is 17.2 Å². The lowest BCUT2D eigenvalue weighted by Gasteiger charge is -2.33. The molecule has 0 aliphatic carbocycles. The summed E-state index contributed by atoms with van der Waals surface area (Å²) < 4.78 is 24.7. The first-order chi connectivity index (χ1) is 8.39. The molecule has 1 unspecified atom stereocenters. The van der Waals surface area contributed by atoms with Crippen LogP contribution in [0.2, 0.25) is 0 Å². The van der Waals surface area contributed by atoms with Gasteiger partial charge in [0.1, 0.15) is 6.04 Å². The maximum atomic E-state index is 11.9. The largest absolute Gasteiger partial charge is 0.353 e. The Labute approximate surface area is 107 Å². The van der Waals surface area contributed by atoms with Gasteiger partial charge < -0.3 is 5.32 Å². The smallest absolute Gasteiger partial charge is 0.243 e. The molecule has 1 atom stereocenters. The van der Waals surface area contributed by atoms with Crippen LogP contribution >= 0.6 is 0 Å². The predicted octanol–water partition coefficient (Wildman–Crippen LogP) is 0.428. The maximum absolute atomic E-state index is 11.9. The molecule has 1 heterocycles. The number of rotatable bonds is 2. The topological polar surface area (TPSA) is 66.5 Å². The number of carbonyl (C=O) groups excluding carboxylic acids is 1. The molecule has 98 valence electrons. The van der Waals surface area contributed by atoms with E-state index in [4.69, 9.17) is 0 Å². The van der Waals surface area contributed by atoms with Crippen LogP contribution in [0.4, 0.5) is 0 Å². The highest BCUT2D eigenvalue weighted by molar-refractivity contribution is 7.88. The Bertz CT molecular complexity index is 551. The van der Waals surface area contributed by atoms with Gasteiger partial charge in [-0.3, -0.25) is 4.79 Å². The molecular weight excluding hydrogens is 252 g/mol. The molecule has 1 aromatic carbocycles. The molecular formula is C12H16N2O3S. The second-order valence-electron chi connectivity index (χ2n) is 4.48. The van der Waals surface area contributed by atoms with Crippen LogP contribution in [0, 0.1) is 6.92 Å². The zero-order valence-electron chi connectivity index (χ0n) is 10.4. The lowest BCUT2D eigenvalue weighted by atomic mass is 10.0. The van der Waals surface area contributed by atoms with E-state index in [-0.39, 0.29) is 5.91 Å². The van der Waals surface area contributed by atoms with Crippen LogP contribution in [-0.4, -0.2) is 38.0 Å². The van der Waals surface area contributed by atoms with Crippen molar-refractivity contribution in [1.82, 2.24) is 9.62 Å². The minimum absolute atomic E-state index is 0.268. The Morgan fingerprint density at radius 1 is 1.28 bits per heavy atom. The van der Waals surface area contributed by atoms with Gasteiger partial charge in [0.15, 0.2) is 0 Å². The van der Waals surface area contributed by atoms with Crippen molar-refractivity contribution in [2.45, 2.75) is 13.0 Å². The highest BCUT2D eigenvalue weighted by Crippen LogP contribution is 2.25. The number of amides is 1. The van der Waals surface area contributed by atoms with Gasteiger partial charge in [-0.15, -0.1) is 0 Å². The number of hydrogen-bond donors (Lipinski definition) is 1. The van der Waals surface area contributed by atoms with E-state index in [2.05, 4.69) is 5.32 Å². The standard InChI is InChI=1S/C12H16N2O3S/c1-9-3-5-10(6-4-9)11-12(15)13-7-8-14(11)18(2,16)17/h3-6,11H,7-8H2,1-2H3,(H,13,15). The third-order valence-corrected chi connectivity index (χ3v) is 4.23. The molecule has 0 bridgehead atoms. The summed E-state index contributed by atoms with van der Waals surface area (Å²) in [5.74, 6) is -0.268. The van der Waals surface area contributed by atoms with E-state index in [0.29, 0.717) is 18.7 Å². The Balaban J connectivity index is 2.42. The van der Waals surface area contributed by atoms with Crippen LogP contribution in [0.25, 0.3) is 0 Å². The van der Waals surface area contributed by atoms with Gasteiger partial charge in [0.25, 0.3) is 0 Å². The lowest BCUT2D eigenvalue weighted by Crippen LogP contribution is -2.51. The Morgan fingerprint density at radius 3 is 2.44 bits per heavy atom. The molecule has 1 fully saturated rings. The van der Waals surface area contributed by atoms with E-state index in [0.717, 1.165) is 11.8 Å². The van der Waals surface area contributed by atoms with E-state index in [9.17, 15) is 13.2 Å². The van der Waals surface area contributed by atoms with Gasteiger partial charge in [0.2, 0.25) is 15.9 Å². The molecule has 1 amide bonds. The molecule has 0 aromatic heterocycles. The second kappa shape index (κ2) is 4.70. The van der Waals surface area contributed by atoms with Crippen molar-refractivity contribution in [3.8, 4) is 0 Å². The number of sulfonamides is 1. The van der Waals surface area contributed by atoms with Crippen LogP contribution in [0.15, 0.2) is 24.3 Å². The molecule has 18 heavy (non-hydrogen) atoms. The van der Waals surface area contributed by atoms with E-state index in [1.807, 2.05) is 19.1 Å². The molecule has 0 radical (unpaired) electrons. The van der Waals surface area contributed by atoms with Crippen molar-refractivity contribution in [3.05, 3.63) is 35.4 Å². The average Bonchev–Trinajstić information content (AvgIpc) is 2.29. The highest BCUT2D eigenvalue weighted by atomic mass is 32.2. The highest BCUT2D eigenvalue weighted by Gasteiger charge is 2.36. The van der Waals surface area contributed by atoms with Gasteiger partial charge in [-0.2, -0.15) is 4.31 Å². The van der Waals surface area contributed by atoms with Gasteiger partial charge in [-0.25, -0.2) is 8.42 Å². The lowest BCUT2D eigenvalue weighted by molar-refractivity contribution is -0.126. The fourth-order valence-corrected chi connectivity index (χ4v) is 3.09. The van der Waals surface area contributed by atoms with Crippen LogP contribution in [0.3, 0.4) is 0 Å². The van der Waals surface area contributed by atoms with Gasteiger partial charge >= 0.3 is 0 Å². The first-order valence-electron chi connectivity index (χ1n) is 5.70. The van der Waals surface area contributed by atoms with Crippen molar-refractivity contribution in [3.63, 3.8) is 0 Å². The SMILES string of the molecule is Cc1ccc(C2C(=O)NCCN2S(C)(=O)=O)cc1. The normalized spacial score (nSPS) is 21.7. The van der Waals surface area contributed by atoms with E-state index in [1.165, 1.54) is 4.31 Å². The number of nitrogens with zero attached hydrogens (tertiary/aromatic N) is 1. The van der Waals surface area contributed by atoms with Crippen molar-refractivity contribution in [1.29, 1.82) is 0 Å². The summed E-state index contributed by atoms with van der Waals surface area (Å²) in [6, 6.07) is 6.58. The van der Waals surface area contributed by atoms with Crippen LogP contribution in [0.5, 0.6) is 0 Å². The summed E-state index contributed by atoms with van der Waals surface area (Å²) in [6.07, 6.45) is 1.13. The summed E-state index contributed by atoms with van der Waals surface area (Å²) in [5.41, 5.74) is 1.77. The molecule has 1 aliphatic rings. The molecule has 0 saturated carbocycles.